The van der Waals surface area contributed by atoms with E-state index in [4.69, 9.17) is 0 Å². The quantitative estimate of drug-likeness (QED) is 0.234. The molecule has 0 heterocycles. The fourth-order valence-corrected chi connectivity index (χ4v) is 4.25. The van der Waals surface area contributed by atoms with Crippen molar-refractivity contribution in [2.75, 3.05) is 0 Å². The number of benzene rings is 5. The molecule has 0 N–H and O–H groups in total. The van der Waals surface area contributed by atoms with Crippen LogP contribution in [-0.4, -0.2) is 0 Å². The highest BCUT2D eigenvalue weighted by Gasteiger charge is 2.15. The van der Waals surface area contributed by atoms with E-state index in [1.807, 2.05) is 0 Å². The predicted octanol–water partition coefficient (Wildman–Crippen LogP) is 8.86. The highest BCUT2D eigenvalue weighted by Crippen LogP contribution is 2.35. The molecule has 0 saturated heterocycles. The van der Waals surface area contributed by atoms with Crippen molar-refractivity contribution in [2.45, 2.75) is 0 Å². The highest BCUT2D eigenvalue weighted by molar-refractivity contribution is 6.00. The van der Waals surface area contributed by atoms with Crippen LogP contribution in [0.3, 0.4) is 0 Å². The molecular formula is C34H26. The van der Waals surface area contributed by atoms with Crippen LogP contribution in [0.1, 0.15) is 33.4 Å². The van der Waals surface area contributed by atoms with Gasteiger partial charge in [-0.05, 0) is 56.7 Å². The molecule has 34 heavy (non-hydrogen) atoms. The van der Waals surface area contributed by atoms with Crippen LogP contribution in [-0.2, 0) is 0 Å². The average molecular weight is 435 g/mol. The number of rotatable bonds is 6. The molecular weight excluding hydrogens is 408 g/mol. The first-order valence-corrected chi connectivity index (χ1v) is 11.6. The summed E-state index contributed by atoms with van der Waals surface area (Å²) >= 11 is 0. The lowest BCUT2D eigenvalue weighted by Crippen LogP contribution is -1.97. The van der Waals surface area contributed by atoms with Crippen LogP contribution in [0, 0.1) is 0 Å². The molecule has 0 aliphatic rings. The Morgan fingerprint density at radius 1 is 0.324 bits per heavy atom. The monoisotopic (exact) mass is 434 g/mol. The molecule has 0 aliphatic heterocycles. The van der Waals surface area contributed by atoms with Gasteiger partial charge >= 0.3 is 0 Å². The number of hydrogen-bond donors (Lipinski definition) is 0. The first-order valence-electron chi connectivity index (χ1n) is 11.6. The minimum absolute atomic E-state index is 1.18. The maximum atomic E-state index is 2.29. The van der Waals surface area contributed by atoms with E-state index in [1.165, 1.54) is 44.5 Å². The Balaban J connectivity index is 1.75. The van der Waals surface area contributed by atoms with Crippen molar-refractivity contribution in [2.24, 2.45) is 0 Å². The standard InChI is InChI=1S/C34H26/c1-5-15-27(16-6-1)25-33(29-19-9-3-10-20-29)31-23-13-14-24-32(31)34(30-21-11-4-12-22-30)26-28-17-7-2-8-18-28/h1-26H. The van der Waals surface area contributed by atoms with Crippen LogP contribution in [0.4, 0.5) is 0 Å². The third-order valence-corrected chi connectivity index (χ3v) is 5.90. The maximum absolute atomic E-state index is 2.29. The Morgan fingerprint density at radius 3 is 0.971 bits per heavy atom. The van der Waals surface area contributed by atoms with Gasteiger partial charge in [0.05, 0.1) is 0 Å². The van der Waals surface area contributed by atoms with E-state index < -0.39 is 0 Å². The second-order valence-corrected chi connectivity index (χ2v) is 8.22. The summed E-state index contributed by atoms with van der Waals surface area (Å²) in [4.78, 5) is 0. The Bertz CT molecular complexity index is 1280. The molecule has 0 fully saturated rings. The van der Waals surface area contributed by atoms with Gasteiger partial charge in [-0.3, -0.25) is 0 Å². The minimum atomic E-state index is 1.18. The van der Waals surface area contributed by atoms with E-state index in [1.54, 1.807) is 0 Å². The lowest BCUT2D eigenvalue weighted by molar-refractivity contribution is 1.49. The van der Waals surface area contributed by atoms with Gasteiger partial charge in [0.2, 0.25) is 0 Å². The maximum Gasteiger partial charge on any atom is -0.00990 e. The molecule has 162 valence electrons. The smallest absolute Gasteiger partial charge is 0.00990 e. The Labute approximate surface area is 202 Å². The lowest BCUT2D eigenvalue weighted by atomic mass is 9.86. The lowest BCUT2D eigenvalue weighted by Gasteiger charge is -2.17. The summed E-state index contributed by atoms with van der Waals surface area (Å²) < 4.78 is 0. The van der Waals surface area contributed by atoms with Crippen molar-refractivity contribution in [1.82, 2.24) is 0 Å². The molecule has 5 aromatic rings. The van der Waals surface area contributed by atoms with Crippen molar-refractivity contribution in [3.05, 3.63) is 179 Å². The summed E-state index contributed by atoms with van der Waals surface area (Å²) in [6, 6.07) is 51.1. The summed E-state index contributed by atoms with van der Waals surface area (Å²) in [6.07, 6.45) is 4.58. The van der Waals surface area contributed by atoms with Crippen molar-refractivity contribution >= 4 is 23.3 Å². The molecule has 0 nitrogen and oxygen atoms in total. The van der Waals surface area contributed by atoms with E-state index in [9.17, 15) is 0 Å². The summed E-state index contributed by atoms with van der Waals surface area (Å²) in [7, 11) is 0. The topological polar surface area (TPSA) is 0 Å². The van der Waals surface area contributed by atoms with Gasteiger partial charge in [-0.25, -0.2) is 0 Å². The van der Waals surface area contributed by atoms with Gasteiger partial charge in [0.1, 0.15) is 0 Å². The molecule has 0 saturated carbocycles. The summed E-state index contributed by atoms with van der Waals surface area (Å²) in [5, 5.41) is 0. The van der Waals surface area contributed by atoms with E-state index >= 15 is 0 Å². The first-order chi connectivity index (χ1) is 16.9. The van der Waals surface area contributed by atoms with Crippen molar-refractivity contribution in [3.63, 3.8) is 0 Å². The van der Waals surface area contributed by atoms with Gasteiger partial charge in [-0.1, -0.05) is 146 Å². The van der Waals surface area contributed by atoms with Crippen LogP contribution in [0.15, 0.2) is 146 Å². The Hall–Kier alpha value is -4.42. The molecule has 0 aromatic heterocycles. The Morgan fingerprint density at radius 2 is 0.618 bits per heavy atom. The molecule has 0 unspecified atom stereocenters. The predicted molar refractivity (Wildman–Crippen MR) is 146 cm³/mol. The molecule has 0 bridgehead atoms. The molecule has 5 aromatic carbocycles. The first kappa shape index (κ1) is 21.4. The van der Waals surface area contributed by atoms with Crippen molar-refractivity contribution in [3.8, 4) is 0 Å². The van der Waals surface area contributed by atoms with Crippen LogP contribution in [0.25, 0.3) is 23.3 Å². The fourth-order valence-electron chi connectivity index (χ4n) is 4.25. The SMILES string of the molecule is C(=C(c1ccccc1)c1ccccc1C(=Cc1ccccc1)c1ccccc1)c1ccccc1. The number of hydrogen-bond acceptors (Lipinski definition) is 0. The summed E-state index contributed by atoms with van der Waals surface area (Å²) in [6.45, 7) is 0. The van der Waals surface area contributed by atoms with Gasteiger partial charge in [-0.2, -0.15) is 0 Å². The zero-order valence-electron chi connectivity index (χ0n) is 19.0. The molecule has 5 rings (SSSR count). The summed E-state index contributed by atoms with van der Waals surface area (Å²) in [5.41, 5.74) is 9.60. The Kier molecular flexibility index (Phi) is 6.59. The fraction of sp³-hybridized carbons (Fsp3) is 0. The van der Waals surface area contributed by atoms with Crippen molar-refractivity contribution in [1.29, 1.82) is 0 Å². The van der Waals surface area contributed by atoms with Gasteiger partial charge in [-0.15, -0.1) is 0 Å². The van der Waals surface area contributed by atoms with Gasteiger partial charge in [0.15, 0.2) is 0 Å². The molecule has 0 aliphatic carbocycles. The molecule has 0 amide bonds. The third kappa shape index (κ3) is 4.98. The van der Waals surface area contributed by atoms with E-state index in [0.29, 0.717) is 0 Å². The van der Waals surface area contributed by atoms with Gasteiger partial charge in [0.25, 0.3) is 0 Å². The van der Waals surface area contributed by atoms with Crippen LogP contribution < -0.4 is 0 Å². The van der Waals surface area contributed by atoms with E-state index in [2.05, 4.69) is 158 Å². The van der Waals surface area contributed by atoms with Crippen molar-refractivity contribution < 1.29 is 0 Å². The molecule has 0 spiro atoms. The molecule has 0 atom stereocenters. The van der Waals surface area contributed by atoms with E-state index in [-0.39, 0.29) is 0 Å². The third-order valence-electron chi connectivity index (χ3n) is 5.90. The zero-order valence-corrected chi connectivity index (χ0v) is 19.0. The second kappa shape index (κ2) is 10.5. The van der Waals surface area contributed by atoms with Crippen LogP contribution in [0.2, 0.25) is 0 Å². The highest BCUT2D eigenvalue weighted by atomic mass is 14.2. The van der Waals surface area contributed by atoms with Crippen LogP contribution >= 0.6 is 0 Å². The second-order valence-electron chi connectivity index (χ2n) is 8.22. The normalized spacial score (nSPS) is 11.9. The average Bonchev–Trinajstić information content (AvgIpc) is 2.93. The van der Waals surface area contributed by atoms with Crippen LogP contribution in [0.5, 0.6) is 0 Å². The van der Waals surface area contributed by atoms with E-state index in [0.717, 1.165) is 0 Å². The molecule has 0 heteroatoms. The minimum Gasteiger partial charge on any atom is -0.0622 e. The van der Waals surface area contributed by atoms with Gasteiger partial charge < -0.3 is 0 Å². The molecule has 0 radical (unpaired) electrons. The largest absolute Gasteiger partial charge is 0.0622 e. The zero-order chi connectivity index (χ0) is 23.0. The summed E-state index contributed by atoms with van der Waals surface area (Å²) in [5.74, 6) is 0. The van der Waals surface area contributed by atoms with Gasteiger partial charge in [0, 0.05) is 0 Å².